The summed E-state index contributed by atoms with van der Waals surface area (Å²) >= 11 is 0. The van der Waals surface area contributed by atoms with Crippen molar-refractivity contribution in [2.75, 3.05) is 20.1 Å². The second kappa shape index (κ2) is 5.05. The lowest BCUT2D eigenvalue weighted by molar-refractivity contribution is 0.0963. The van der Waals surface area contributed by atoms with E-state index < -0.39 is 10.0 Å². The van der Waals surface area contributed by atoms with E-state index in [0.29, 0.717) is 18.7 Å². The number of rotatable bonds is 4. The van der Waals surface area contributed by atoms with Gasteiger partial charge in [0.05, 0.1) is 4.90 Å². The van der Waals surface area contributed by atoms with Crippen LogP contribution in [0.3, 0.4) is 0 Å². The van der Waals surface area contributed by atoms with Crippen LogP contribution in [0.2, 0.25) is 0 Å². The summed E-state index contributed by atoms with van der Waals surface area (Å²) in [6.07, 6.45) is 0. The minimum absolute atomic E-state index is 0.0476. The average Bonchev–Trinajstić information content (AvgIpc) is 2.33. The first-order chi connectivity index (χ1) is 8.53. The monoisotopic (exact) mass is 269 g/mol. The van der Waals surface area contributed by atoms with Gasteiger partial charge in [-0.2, -0.15) is 0 Å². The maximum atomic E-state index is 11.9. The molecule has 0 radical (unpaired) electrons. The van der Waals surface area contributed by atoms with Gasteiger partial charge in [0.2, 0.25) is 10.0 Å². The van der Waals surface area contributed by atoms with Gasteiger partial charge in [-0.3, -0.25) is 4.79 Å². The number of carbonyl (C=O) groups is 1. The molecule has 3 N–H and O–H groups in total. The van der Waals surface area contributed by atoms with Gasteiger partial charge in [0.15, 0.2) is 0 Å². The molecule has 1 saturated heterocycles. The Kier molecular flexibility index (Phi) is 3.65. The molecule has 1 aromatic carbocycles. The third kappa shape index (κ3) is 2.69. The molecule has 0 atom stereocenters. The van der Waals surface area contributed by atoms with E-state index in [2.05, 4.69) is 15.4 Å². The van der Waals surface area contributed by atoms with Crippen LogP contribution in [0.1, 0.15) is 10.4 Å². The predicted molar refractivity (Wildman–Crippen MR) is 66.8 cm³/mol. The molecule has 1 aliphatic rings. The quantitative estimate of drug-likeness (QED) is 0.674. The molecule has 0 aromatic heterocycles. The molecule has 6 nitrogen and oxygen atoms in total. The number of hydrogen-bond donors (Lipinski definition) is 3. The van der Waals surface area contributed by atoms with Gasteiger partial charge >= 0.3 is 0 Å². The largest absolute Gasteiger partial charge is 0.355 e. The zero-order valence-electron chi connectivity index (χ0n) is 9.93. The van der Waals surface area contributed by atoms with Gasteiger partial charge in [0.1, 0.15) is 0 Å². The molecule has 0 aliphatic carbocycles. The third-order valence-corrected chi connectivity index (χ3v) is 4.29. The Morgan fingerprint density at radius 1 is 1.28 bits per heavy atom. The van der Waals surface area contributed by atoms with Gasteiger partial charge < -0.3 is 10.6 Å². The smallest absolute Gasteiger partial charge is 0.251 e. The fourth-order valence-electron chi connectivity index (χ4n) is 1.59. The van der Waals surface area contributed by atoms with E-state index >= 15 is 0 Å². The molecule has 2 rings (SSSR count). The highest BCUT2D eigenvalue weighted by atomic mass is 32.2. The fourth-order valence-corrected chi connectivity index (χ4v) is 2.83. The molecule has 1 aromatic rings. The summed E-state index contributed by atoms with van der Waals surface area (Å²) in [5.74, 6) is -0.241. The molecule has 1 heterocycles. The van der Waals surface area contributed by atoms with E-state index in [1.807, 2.05) is 0 Å². The minimum Gasteiger partial charge on any atom is -0.355 e. The number of nitrogens with one attached hydrogen (secondary N) is 3. The van der Waals surface area contributed by atoms with Crippen molar-refractivity contribution in [2.24, 2.45) is 0 Å². The highest BCUT2D eigenvalue weighted by Gasteiger charge is 2.24. The van der Waals surface area contributed by atoms with Gasteiger partial charge in [-0.05, 0) is 24.3 Å². The van der Waals surface area contributed by atoms with Crippen molar-refractivity contribution in [2.45, 2.75) is 10.9 Å². The lowest BCUT2D eigenvalue weighted by Crippen LogP contribution is -2.56. The molecule has 0 spiro atoms. The van der Waals surface area contributed by atoms with E-state index in [9.17, 15) is 13.2 Å². The molecule has 0 unspecified atom stereocenters. The summed E-state index contributed by atoms with van der Waals surface area (Å²) in [5, 5.41) is 5.46. The molecule has 1 amide bonds. The topological polar surface area (TPSA) is 87.3 Å². The summed E-state index contributed by atoms with van der Waals surface area (Å²) in [6, 6.07) is 5.80. The maximum absolute atomic E-state index is 11.9. The molecule has 0 saturated carbocycles. The van der Waals surface area contributed by atoms with E-state index in [0.717, 1.165) is 0 Å². The van der Waals surface area contributed by atoms with Crippen molar-refractivity contribution < 1.29 is 13.2 Å². The predicted octanol–water partition coefficient (Wildman–Crippen LogP) is -0.704. The van der Waals surface area contributed by atoms with Gasteiger partial charge in [-0.25, -0.2) is 13.1 Å². The second-order valence-electron chi connectivity index (χ2n) is 4.08. The molecule has 18 heavy (non-hydrogen) atoms. The molecular weight excluding hydrogens is 254 g/mol. The minimum atomic E-state index is -3.49. The fraction of sp³-hybridized carbons (Fsp3) is 0.364. The van der Waals surface area contributed by atoms with E-state index in [1.54, 1.807) is 0 Å². The second-order valence-corrected chi connectivity index (χ2v) is 5.79. The lowest BCUT2D eigenvalue weighted by Gasteiger charge is -2.27. The van der Waals surface area contributed by atoms with E-state index in [-0.39, 0.29) is 16.8 Å². The first kappa shape index (κ1) is 13.0. The van der Waals surface area contributed by atoms with Crippen molar-refractivity contribution in [3.05, 3.63) is 29.8 Å². The first-order valence-corrected chi connectivity index (χ1v) is 7.06. The van der Waals surface area contributed by atoms with E-state index in [4.69, 9.17) is 0 Å². The number of carbonyl (C=O) groups excluding carboxylic acids is 1. The first-order valence-electron chi connectivity index (χ1n) is 5.58. The zero-order valence-corrected chi connectivity index (χ0v) is 10.8. The van der Waals surface area contributed by atoms with Crippen molar-refractivity contribution in [3.63, 3.8) is 0 Å². The standard InChI is InChI=1S/C11H15N3O3S/c1-12-11(15)8-2-4-10(5-3-8)18(16,17)14-9-6-13-7-9/h2-5,9,13-14H,6-7H2,1H3,(H,12,15). The number of amides is 1. The summed E-state index contributed by atoms with van der Waals surface area (Å²) in [6.45, 7) is 1.30. The van der Waals surface area contributed by atoms with Crippen LogP contribution in [-0.2, 0) is 10.0 Å². The van der Waals surface area contributed by atoms with Gasteiger partial charge in [0.25, 0.3) is 5.91 Å². The SMILES string of the molecule is CNC(=O)c1ccc(S(=O)(=O)NC2CNC2)cc1. The summed E-state index contributed by atoms with van der Waals surface area (Å²) < 4.78 is 26.5. The number of benzene rings is 1. The van der Waals surface area contributed by atoms with Crippen molar-refractivity contribution >= 4 is 15.9 Å². The summed E-state index contributed by atoms with van der Waals surface area (Å²) in [5.41, 5.74) is 0.432. The Bertz CT molecular complexity index is 535. The van der Waals surface area contributed by atoms with Crippen LogP contribution in [0.15, 0.2) is 29.2 Å². The molecule has 1 aliphatic heterocycles. The number of hydrogen-bond acceptors (Lipinski definition) is 4. The molecular formula is C11H15N3O3S. The van der Waals surface area contributed by atoms with Gasteiger partial charge in [-0.15, -0.1) is 0 Å². The molecule has 98 valence electrons. The summed E-state index contributed by atoms with van der Waals surface area (Å²) in [4.78, 5) is 11.5. The average molecular weight is 269 g/mol. The Balaban J connectivity index is 2.15. The Hall–Kier alpha value is -1.44. The number of sulfonamides is 1. The van der Waals surface area contributed by atoms with Crippen LogP contribution >= 0.6 is 0 Å². The van der Waals surface area contributed by atoms with Crippen LogP contribution in [0.25, 0.3) is 0 Å². The van der Waals surface area contributed by atoms with Gasteiger partial charge in [-0.1, -0.05) is 0 Å². The Morgan fingerprint density at radius 3 is 2.33 bits per heavy atom. The van der Waals surface area contributed by atoms with Crippen LogP contribution < -0.4 is 15.4 Å². The Morgan fingerprint density at radius 2 is 1.89 bits per heavy atom. The summed E-state index contributed by atoms with van der Waals surface area (Å²) in [7, 11) is -1.97. The van der Waals surface area contributed by atoms with Crippen LogP contribution in [0, 0.1) is 0 Å². The van der Waals surface area contributed by atoms with Crippen LogP contribution in [0.4, 0.5) is 0 Å². The maximum Gasteiger partial charge on any atom is 0.251 e. The third-order valence-electron chi connectivity index (χ3n) is 2.76. The molecule has 1 fully saturated rings. The van der Waals surface area contributed by atoms with Crippen LogP contribution in [-0.4, -0.2) is 40.5 Å². The van der Waals surface area contributed by atoms with E-state index in [1.165, 1.54) is 31.3 Å². The van der Waals surface area contributed by atoms with Crippen molar-refractivity contribution in [1.82, 2.24) is 15.4 Å². The highest BCUT2D eigenvalue weighted by Crippen LogP contribution is 2.11. The van der Waals surface area contributed by atoms with Gasteiger partial charge in [0, 0.05) is 31.7 Å². The zero-order chi connectivity index (χ0) is 13.2. The highest BCUT2D eigenvalue weighted by molar-refractivity contribution is 7.89. The molecule has 0 bridgehead atoms. The van der Waals surface area contributed by atoms with Crippen molar-refractivity contribution in [3.8, 4) is 0 Å². The van der Waals surface area contributed by atoms with Crippen LogP contribution in [0.5, 0.6) is 0 Å². The normalized spacial score (nSPS) is 16.1. The van der Waals surface area contributed by atoms with Crippen molar-refractivity contribution in [1.29, 1.82) is 0 Å². The lowest BCUT2D eigenvalue weighted by atomic mass is 10.2. The Labute approximate surface area is 106 Å². The molecule has 7 heteroatoms.